The molecular formula is C10H22N2. The zero-order chi connectivity index (χ0) is 9.19. The smallest absolute Gasteiger partial charge is 0.0331 e. The fourth-order valence-corrected chi connectivity index (χ4v) is 2.43. The van der Waals surface area contributed by atoms with E-state index in [9.17, 15) is 0 Å². The number of hydrogen-bond acceptors (Lipinski definition) is 2. The first kappa shape index (κ1) is 10.0. The number of likely N-dealkylation sites (N-methyl/N-ethyl adjacent to an activating group) is 1. The van der Waals surface area contributed by atoms with Crippen LogP contribution in [0, 0.1) is 5.92 Å². The first-order valence-electron chi connectivity index (χ1n) is 5.02. The predicted octanol–water partition coefficient (Wildman–Crippen LogP) is 1.46. The van der Waals surface area contributed by atoms with Gasteiger partial charge in [-0.1, -0.05) is 13.8 Å². The maximum absolute atomic E-state index is 5.87. The van der Waals surface area contributed by atoms with Crippen LogP contribution in [0.25, 0.3) is 0 Å². The molecular weight excluding hydrogens is 148 g/mol. The summed E-state index contributed by atoms with van der Waals surface area (Å²) in [5.41, 5.74) is 6.19. The summed E-state index contributed by atoms with van der Waals surface area (Å²) in [7, 11) is 2.21. The van der Waals surface area contributed by atoms with Gasteiger partial charge in [0.15, 0.2) is 0 Å². The molecule has 1 rings (SSSR count). The van der Waals surface area contributed by atoms with Crippen LogP contribution in [0.4, 0.5) is 0 Å². The Morgan fingerprint density at radius 2 is 2.17 bits per heavy atom. The molecule has 1 saturated heterocycles. The first-order valence-corrected chi connectivity index (χ1v) is 5.02. The molecule has 0 aromatic rings. The van der Waals surface area contributed by atoms with Gasteiger partial charge in [-0.25, -0.2) is 0 Å². The van der Waals surface area contributed by atoms with Crippen molar-refractivity contribution in [3.8, 4) is 0 Å². The minimum atomic E-state index is 0.328. The monoisotopic (exact) mass is 170 g/mol. The molecule has 0 bridgehead atoms. The Labute approximate surface area is 76.1 Å². The molecule has 2 N–H and O–H groups in total. The van der Waals surface area contributed by atoms with Crippen LogP contribution in [-0.4, -0.2) is 30.6 Å². The van der Waals surface area contributed by atoms with Crippen molar-refractivity contribution < 1.29 is 0 Å². The van der Waals surface area contributed by atoms with Crippen LogP contribution in [0.3, 0.4) is 0 Å². The third-order valence-corrected chi connectivity index (χ3v) is 3.11. The molecule has 2 heteroatoms. The highest BCUT2D eigenvalue weighted by molar-refractivity contribution is 4.95. The summed E-state index contributed by atoms with van der Waals surface area (Å²) in [6.07, 6.45) is 3.86. The van der Waals surface area contributed by atoms with Gasteiger partial charge in [-0.2, -0.15) is 0 Å². The lowest BCUT2D eigenvalue weighted by Gasteiger charge is -2.36. The van der Waals surface area contributed by atoms with Crippen LogP contribution in [0.5, 0.6) is 0 Å². The van der Waals surface area contributed by atoms with Crippen LogP contribution < -0.4 is 5.73 Å². The van der Waals surface area contributed by atoms with E-state index < -0.39 is 0 Å². The highest BCUT2D eigenvalue weighted by Gasteiger charge is 2.37. The van der Waals surface area contributed by atoms with Gasteiger partial charge in [-0.15, -0.1) is 0 Å². The molecule has 72 valence electrons. The SMILES string of the molecule is CC(C)CC1(CN)CCCN1C. The zero-order valence-corrected chi connectivity index (χ0v) is 8.64. The summed E-state index contributed by atoms with van der Waals surface area (Å²) in [5.74, 6) is 0.758. The Bertz CT molecular complexity index is 145. The van der Waals surface area contributed by atoms with Gasteiger partial charge in [0.1, 0.15) is 0 Å². The Kier molecular flexibility index (Phi) is 3.13. The minimum Gasteiger partial charge on any atom is -0.329 e. The summed E-state index contributed by atoms with van der Waals surface area (Å²) >= 11 is 0. The van der Waals surface area contributed by atoms with Crippen LogP contribution in [-0.2, 0) is 0 Å². The van der Waals surface area contributed by atoms with Crippen molar-refractivity contribution in [2.45, 2.75) is 38.6 Å². The molecule has 1 unspecified atom stereocenters. The van der Waals surface area contributed by atoms with Gasteiger partial charge in [0.05, 0.1) is 0 Å². The summed E-state index contributed by atoms with van der Waals surface area (Å²) in [6.45, 7) is 6.61. The quantitative estimate of drug-likeness (QED) is 0.694. The Morgan fingerprint density at radius 1 is 1.50 bits per heavy atom. The van der Waals surface area contributed by atoms with Gasteiger partial charge in [0, 0.05) is 12.1 Å². The first-order chi connectivity index (χ1) is 5.60. The molecule has 0 aliphatic carbocycles. The second kappa shape index (κ2) is 3.75. The fourth-order valence-electron chi connectivity index (χ4n) is 2.43. The van der Waals surface area contributed by atoms with Crippen molar-refractivity contribution >= 4 is 0 Å². The minimum absolute atomic E-state index is 0.328. The average molecular weight is 170 g/mol. The topological polar surface area (TPSA) is 29.3 Å². The molecule has 0 radical (unpaired) electrons. The number of likely N-dealkylation sites (tertiary alicyclic amines) is 1. The lowest BCUT2D eigenvalue weighted by molar-refractivity contribution is 0.150. The molecule has 0 aromatic carbocycles. The van der Waals surface area contributed by atoms with Gasteiger partial charge in [0.2, 0.25) is 0 Å². The van der Waals surface area contributed by atoms with Gasteiger partial charge in [-0.05, 0) is 38.8 Å². The van der Waals surface area contributed by atoms with Crippen LogP contribution in [0.2, 0.25) is 0 Å². The zero-order valence-electron chi connectivity index (χ0n) is 8.64. The third kappa shape index (κ3) is 1.80. The Hall–Kier alpha value is -0.0800. The average Bonchev–Trinajstić information content (AvgIpc) is 2.32. The van der Waals surface area contributed by atoms with Crippen molar-refractivity contribution in [2.75, 3.05) is 20.1 Å². The number of nitrogens with zero attached hydrogens (tertiary/aromatic N) is 1. The van der Waals surface area contributed by atoms with Crippen molar-refractivity contribution in [3.63, 3.8) is 0 Å². The molecule has 0 amide bonds. The van der Waals surface area contributed by atoms with E-state index in [0.29, 0.717) is 5.54 Å². The number of hydrogen-bond donors (Lipinski definition) is 1. The molecule has 1 heterocycles. The van der Waals surface area contributed by atoms with E-state index in [4.69, 9.17) is 5.73 Å². The van der Waals surface area contributed by atoms with E-state index >= 15 is 0 Å². The van der Waals surface area contributed by atoms with Crippen molar-refractivity contribution in [1.82, 2.24) is 4.90 Å². The summed E-state index contributed by atoms with van der Waals surface area (Å²) in [6, 6.07) is 0. The van der Waals surface area contributed by atoms with Crippen molar-refractivity contribution in [3.05, 3.63) is 0 Å². The van der Waals surface area contributed by atoms with Gasteiger partial charge in [0.25, 0.3) is 0 Å². The maximum Gasteiger partial charge on any atom is 0.0331 e. The second-order valence-electron chi connectivity index (χ2n) is 4.55. The molecule has 12 heavy (non-hydrogen) atoms. The van der Waals surface area contributed by atoms with Crippen molar-refractivity contribution in [1.29, 1.82) is 0 Å². The van der Waals surface area contributed by atoms with E-state index in [-0.39, 0.29) is 0 Å². The molecule has 0 aromatic heterocycles. The highest BCUT2D eigenvalue weighted by atomic mass is 15.2. The van der Waals surface area contributed by atoms with Crippen LogP contribution in [0.15, 0.2) is 0 Å². The van der Waals surface area contributed by atoms with E-state index in [2.05, 4.69) is 25.8 Å². The second-order valence-corrected chi connectivity index (χ2v) is 4.55. The lowest BCUT2D eigenvalue weighted by Crippen LogP contribution is -2.48. The summed E-state index contributed by atoms with van der Waals surface area (Å²) in [5, 5.41) is 0. The molecule has 1 atom stereocenters. The third-order valence-electron chi connectivity index (χ3n) is 3.11. The molecule has 0 saturated carbocycles. The van der Waals surface area contributed by atoms with E-state index in [1.807, 2.05) is 0 Å². The largest absolute Gasteiger partial charge is 0.329 e. The van der Waals surface area contributed by atoms with Gasteiger partial charge >= 0.3 is 0 Å². The summed E-state index contributed by atoms with van der Waals surface area (Å²) < 4.78 is 0. The van der Waals surface area contributed by atoms with Crippen LogP contribution >= 0.6 is 0 Å². The van der Waals surface area contributed by atoms with Crippen LogP contribution in [0.1, 0.15) is 33.1 Å². The molecule has 1 fully saturated rings. The predicted molar refractivity (Wildman–Crippen MR) is 53.1 cm³/mol. The Balaban J connectivity index is 2.61. The number of rotatable bonds is 3. The van der Waals surface area contributed by atoms with E-state index in [1.165, 1.54) is 25.8 Å². The molecule has 2 nitrogen and oxygen atoms in total. The van der Waals surface area contributed by atoms with E-state index in [1.54, 1.807) is 0 Å². The molecule has 1 aliphatic heterocycles. The lowest BCUT2D eigenvalue weighted by atomic mass is 9.87. The fraction of sp³-hybridized carbons (Fsp3) is 1.00. The highest BCUT2D eigenvalue weighted by Crippen LogP contribution is 2.32. The number of nitrogens with two attached hydrogens (primary N) is 1. The molecule has 1 aliphatic rings. The van der Waals surface area contributed by atoms with E-state index in [0.717, 1.165) is 12.5 Å². The normalized spacial score (nSPS) is 31.8. The molecule has 0 spiro atoms. The Morgan fingerprint density at radius 3 is 2.50 bits per heavy atom. The summed E-state index contributed by atoms with van der Waals surface area (Å²) in [4.78, 5) is 2.45. The van der Waals surface area contributed by atoms with Gasteiger partial charge < -0.3 is 5.73 Å². The van der Waals surface area contributed by atoms with Crippen molar-refractivity contribution in [2.24, 2.45) is 11.7 Å². The standard InChI is InChI=1S/C10H22N2/c1-9(2)7-10(8-11)5-4-6-12(10)3/h9H,4-8,11H2,1-3H3. The van der Waals surface area contributed by atoms with Gasteiger partial charge in [-0.3, -0.25) is 4.90 Å². The maximum atomic E-state index is 5.87.